The number of nitrogens with zero attached hydrogens (tertiary/aromatic N) is 1. The van der Waals surface area contributed by atoms with Crippen LogP contribution in [0.3, 0.4) is 0 Å². The summed E-state index contributed by atoms with van der Waals surface area (Å²) in [7, 11) is 1.66. The van der Waals surface area contributed by atoms with Crippen LogP contribution in [-0.4, -0.2) is 19.5 Å². The van der Waals surface area contributed by atoms with Gasteiger partial charge in [0.25, 0.3) is 0 Å². The molecule has 0 bridgehead atoms. The number of aryl methyl sites for hydroxylation is 1. The number of ether oxygens (including phenoxy) is 1. The lowest BCUT2D eigenvalue weighted by Crippen LogP contribution is -2.13. The lowest BCUT2D eigenvalue weighted by atomic mass is 10.0. The zero-order chi connectivity index (χ0) is 17.5. The predicted molar refractivity (Wildman–Crippen MR) is 101 cm³/mol. The zero-order valence-electron chi connectivity index (χ0n) is 14.5. The molecule has 0 amide bonds. The van der Waals surface area contributed by atoms with E-state index in [2.05, 4.69) is 24.9 Å². The number of hydrogen-bond acceptors (Lipinski definition) is 3. The van der Waals surface area contributed by atoms with Crippen LogP contribution in [0.5, 0.6) is 5.75 Å². The summed E-state index contributed by atoms with van der Waals surface area (Å²) in [5.41, 5.74) is 17.4. The lowest BCUT2D eigenvalue weighted by Gasteiger charge is -2.08. The van der Waals surface area contributed by atoms with Gasteiger partial charge in [-0.2, -0.15) is 0 Å². The Morgan fingerprint density at radius 1 is 1.08 bits per heavy atom. The van der Waals surface area contributed by atoms with Crippen molar-refractivity contribution in [2.24, 2.45) is 16.5 Å². The molecule has 0 saturated carbocycles. The topological polar surface area (TPSA) is 73.6 Å². The summed E-state index contributed by atoms with van der Waals surface area (Å²) in [5.74, 6) is 1.30. The normalized spacial score (nSPS) is 12.3. The maximum absolute atomic E-state index is 6.17. The smallest absolute Gasteiger partial charge is 0.120 e. The number of benzene rings is 2. The summed E-state index contributed by atoms with van der Waals surface area (Å²) < 4.78 is 5.15. The van der Waals surface area contributed by atoms with Crippen molar-refractivity contribution >= 4 is 11.5 Å². The van der Waals surface area contributed by atoms with E-state index in [1.54, 1.807) is 13.2 Å². The number of nitrogens with two attached hydrogens (primary N) is 2. The Morgan fingerprint density at radius 2 is 1.79 bits per heavy atom. The number of methoxy groups -OCH3 is 1. The van der Waals surface area contributed by atoms with E-state index in [1.807, 2.05) is 36.4 Å². The molecule has 0 spiro atoms. The van der Waals surface area contributed by atoms with Gasteiger partial charge in [-0.15, -0.1) is 0 Å². The molecule has 0 saturated heterocycles. The third-order valence-corrected chi connectivity index (χ3v) is 4.07. The van der Waals surface area contributed by atoms with Crippen molar-refractivity contribution in [3.05, 3.63) is 70.8 Å². The molecule has 4 N–H and O–H groups in total. The first kappa shape index (κ1) is 17.6. The summed E-state index contributed by atoms with van der Waals surface area (Å²) in [5, 5.41) is 0. The third kappa shape index (κ3) is 4.62. The van der Waals surface area contributed by atoms with E-state index >= 15 is 0 Å². The van der Waals surface area contributed by atoms with Crippen molar-refractivity contribution in [1.82, 2.24) is 0 Å². The van der Waals surface area contributed by atoms with Crippen LogP contribution in [0.4, 0.5) is 0 Å². The van der Waals surface area contributed by atoms with Gasteiger partial charge < -0.3 is 16.2 Å². The maximum Gasteiger partial charge on any atom is 0.120 e. The van der Waals surface area contributed by atoms with Crippen LogP contribution in [0, 0.1) is 13.8 Å². The Kier molecular flexibility index (Phi) is 6.01. The van der Waals surface area contributed by atoms with Crippen LogP contribution in [-0.2, 0) is 6.42 Å². The highest BCUT2D eigenvalue weighted by Gasteiger charge is 2.03. The summed E-state index contributed by atoms with van der Waals surface area (Å²) in [6.45, 7) is 4.75. The molecule has 0 aliphatic carbocycles. The van der Waals surface area contributed by atoms with Gasteiger partial charge in [0, 0.05) is 23.9 Å². The minimum atomic E-state index is 0.446. The number of hydrogen-bond donors (Lipinski definition) is 2. The van der Waals surface area contributed by atoms with Gasteiger partial charge in [-0.05, 0) is 49.1 Å². The standard InChI is InChI=1S/C20H25N3O/c1-14-5-4-6-18(15(14)2)19(21)13-20(22)23-12-11-16-7-9-17(24-3)10-8-16/h4-10,13H,11-12,21H2,1-3H3,(H2,22,23)/b19-13-. The SMILES string of the molecule is COc1ccc(CCN=C(N)/C=C(\N)c2cccc(C)c2C)cc1. The van der Waals surface area contributed by atoms with Crippen LogP contribution in [0.2, 0.25) is 0 Å². The Bertz CT molecular complexity index is 746. The third-order valence-electron chi connectivity index (χ3n) is 4.07. The summed E-state index contributed by atoms with van der Waals surface area (Å²) in [6.07, 6.45) is 2.55. The van der Waals surface area contributed by atoms with Gasteiger partial charge in [0.05, 0.1) is 7.11 Å². The Balaban J connectivity index is 2.00. The fraction of sp³-hybridized carbons (Fsp3) is 0.250. The van der Waals surface area contributed by atoms with Crippen molar-refractivity contribution in [3.63, 3.8) is 0 Å². The van der Waals surface area contributed by atoms with Gasteiger partial charge in [-0.3, -0.25) is 4.99 Å². The van der Waals surface area contributed by atoms with Gasteiger partial charge in [0.15, 0.2) is 0 Å². The van der Waals surface area contributed by atoms with Crippen LogP contribution in [0.1, 0.15) is 22.3 Å². The first-order valence-corrected chi connectivity index (χ1v) is 7.98. The number of rotatable bonds is 6. The lowest BCUT2D eigenvalue weighted by molar-refractivity contribution is 0.414. The second-order valence-corrected chi connectivity index (χ2v) is 5.75. The van der Waals surface area contributed by atoms with Gasteiger partial charge in [-0.25, -0.2) is 0 Å². The summed E-state index contributed by atoms with van der Waals surface area (Å²) in [4.78, 5) is 4.39. The zero-order valence-corrected chi connectivity index (χ0v) is 14.5. The predicted octanol–water partition coefficient (Wildman–Crippen LogP) is 3.21. The number of aliphatic imine (C=N–C) groups is 1. The average molecular weight is 323 g/mol. The molecule has 2 aromatic carbocycles. The van der Waals surface area contributed by atoms with Crippen molar-refractivity contribution < 1.29 is 4.74 Å². The van der Waals surface area contributed by atoms with Crippen molar-refractivity contribution in [3.8, 4) is 5.75 Å². The van der Waals surface area contributed by atoms with E-state index in [1.165, 1.54) is 11.1 Å². The molecule has 4 nitrogen and oxygen atoms in total. The van der Waals surface area contributed by atoms with Crippen molar-refractivity contribution in [2.45, 2.75) is 20.3 Å². The molecule has 2 rings (SSSR count). The molecule has 0 aliphatic rings. The molecule has 0 aliphatic heterocycles. The Hall–Kier alpha value is -2.75. The van der Waals surface area contributed by atoms with Gasteiger partial charge >= 0.3 is 0 Å². The minimum absolute atomic E-state index is 0.446. The Labute approximate surface area is 143 Å². The molecule has 2 aromatic rings. The molecule has 126 valence electrons. The van der Waals surface area contributed by atoms with Gasteiger partial charge in [0.1, 0.15) is 11.6 Å². The summed E-state index contributed by atoms with van der Waals surface area (Å²) in [6, 6.07) is 14.0. The van der Waals surface area contributed by atoms with Crippen LogP contribution in [0.15, 0.2) is 53.5 Å². The first-order chi connectivity index (χ1) is 11.5. The van der Waals surface area contributed by atoms with Crippen molar-refractivity contribution in [1.29, 1.82) is 0 Å². The second-order valence-electron chi connectivity index (χ2n) is 5.75. The van der Waals surface area contributed by atoms with E-state index in [-0.39, 0.29) is 0 Å². The second kappa shape index (κ2) is 8.20. The van der Waals surface area contributed by atoms with E-state index < -0.39 is 0 Å². The molecule has 0 fully saturated rings. The fourth-order valence-corrected chi connectivity index (χ4v) is 2.45. The van der Waals surface area contributed by atoms with Crippen LogP contribution < -0.4 is 16.2 Å². The fourth-order valence-electron chi connectivity index (χ4n) is 2.45. The maximum atomic E-state index is 6.17. The molecular formula is C20H25N3O. The molecular weight excluding hydrogens is 298 g/mol. The number of amidine groups is 1. The highest BCUT2D eigenvalue weighted by molar-refractivity contribution is 5.97. The monoisotopic (exact) mass is 323 g/mol. The molecule has 24 heavy (non-hydrogen) atoms. The molecule has 4 heteroatoms. The quantitative estimate of drug-likeness (QED) is 0.633. The first-order valence-electron chi connectivity index (χ1n) is 7.98. The highest BCUT2D eigenvalue weighted by Crippen LogP contribution is 2.17. The van der Waals surface area contributed by atoms with E-state index in [4.69, 9.17) is 16.2 Å². The van der Waals surface area contributed by atoms with E-state index in [0.29, 0.717) is 18.1 Å². The molecule has 0 radical (unpaired) electrons. The van der Waals surface area contributed by atoms with E-state index in [9.17, 15) is 0 Å². The molecule has 0 heterocycles. The molecule has 0 atom stereocenters. The Morgan fingerprint density at radius 3 is 2.46 bits per heavy atom. The van der Waals surface area contributed by atoms with Crippen LogP contribution in [0.25, 0.3) is 5.70 Å². The largest absolute Gasteiger partial charge is 0.497 e. The highest BCUT2D eigenvalue weighted by atomic mass is 16.5. The summed E-state index contributed by atoms with van der Waals surface area (Å²) >= 11 is 0. The minimum Gasteiger partial charge on any atom is -0.497 e. The van der Waals surface area contributed by atoms with Gasteiger partial charge in [-0.1, -0.05) is 30.3 Å². The van der Waals surface area contributed by atoms with Crippen LogP contribution >= 0.6 is 0 Å². The molecule has 0 aromatic heterocycles. The van der Waals surface area contributed by atoms with Gasteiger partial charge in [0.2, 0.25) is 0 Å². The molecule has 0 unspecified atom stereocenters. The van der Waals surface area contributed by atoms with Crippen molar-refractivity contribution in [2.75, 3.05) is 13.7 Å². The average Bonchev–Trinajstić information content (AvgIpc) is 2.57. The van der Waals surface area contributed by atoms with E-state index in [0.717, 1.165) is 23.3 Å².